The molecule has 0 aliphatic carbocycles. The van der Waals surface area contributed by atoms with Crippen molar-refractivity contribution in [1.82, 2.24) is 4.98 Å². The topological polar surface area (TPSA) is 71.1 Å². The molecule has 26 heavy (non-hydrogen) atoms. The van der Waals surface area contributed by atoms with Crippen molar-refractivity contribution in [3.8, 4) is 0 Å². The minimum absolute atomic E-state index is 0.107. The van der Waals surface area contributed by atoms with E-state index in [0.29, 0.717) is 5.69 Å². The third kappa shape index (κ3) is 4.07. The van der Waals surface area contributed by atoms with Crippen LogP contribution < -0.4 is 10.6 Å². The minimum Gasteiger partial charge on any atom is -0.322 e. The molecule has 0 fully saturated rings. The van der Waals surface area contributed by atoms with Gasteiger partial charge in [0, 0.05) is 17.4 Å². The lowest BCUT2D eigenvalue weighted by Gasteiger charge is -2.09. The highest BCUT2D eigenvalue weighted by atomic mass is 19.1. The second-order valence-corrected chi connectivity index (χ2v) is 5.35. The Balaban J connectivity index is 1.79. The molecule has 0 spiro atoms. The van der Waals surface area contributed by atoms with E-state index < -0.39 is 23.4 Å². The molecule has 0 unspecified atom stereocenters. The van der Waals surface area contributed by atoms with E-state index in [2.05, 4.69) is 15.6 Å². The van der Waals surface area contributed by atoms with Gasteiger partial charge in [0.15, 0.2) is 0 Å². The Hall–Kier alpha value is -3.61. The summed E-state index contributed by atoms with van der Waals surface area (Å²) in [7, 11) is 0. The number of halogens is 2. The minimum atomic E-state index is -0.741. The van der Waals surface area contributed by atoms with Gasteiger partial charge in [-0.25, -0.2) is 8.78 Å². The summed E-state index contributed by atoms with van der Waals surface area (Å²) in [5.41, 5.74) is 0.477. The number of rotatable bonds is 4. The number of hydrogen-bond donors (Lipinski definition) is 2. The number of pyridine rings is 1. The highest BCUT2D eigenvalue weighted by Crippen LogP contribution is 2.18. The van der Waals surface area contributed by atoms with Crippen molar-refractivity contribution in [2.24, 2.45) is 0 Å². The fourth-order valence-electron chi connectivity index (χ4n) is 2.25. The maximum atomic E-state index is 14.0. The van der Waals surface area contributed by atoms with E-state index in [1.165, 1.54) is 36.5 Å². The van der Waals surface area contributed by atoms with Gasteiger partial charge in [0.05, 0.1) is 17.4 Å². The first-order chi connectivity index (χ1) is 12.5. The van der Waals surface area contributed by atoms with Gasteiger partial charge in [-0.15, -0.1) is 0 Å². The van der Waals surface area contributed by atoms with Crippen LogP contribution in [0.3, 0.4) is 0 Å². The van der Waals surface area contributed by atoms with Crippen LogP contribution in [0, 0.1) is 11.6 Å². The summed E-state index contributed by atoms with van der Waals surface area (Å²) >= 11 is 0. The van der Waals surface area contributed by atoms with Gasteiger partial charge in [-0.1, -0.05) is 6.07 Å². The average molecular weight is 353 g/mol. The van der Waals surface area contributed by atoms with Gasteiger partial charge in [-0.3, -0.25) is 14.6 Å². The SMILES string of the molecule is O=C(Nc1ccc(F)c(C(=O)Nc2cccnc2)c1)c1cccc(F)c1. The Labute approximate surface area is 147 Å². The van der Waals surface area contributed by atoms with Gasteiger partial charge in [0.1, 0.15) is 11.6 Å². The van der Waals surface area contributed by atoms with Gasteiger partial charge < -0.3 is 10.6 Å². The molecule has 0 saturated carbocycles. The zero-order chi connectivity index (χ0) is 18.5. The number of nitrogens with one attached hydrogen (secondary N) is 2. The Kier molecular flexibility index (Phi) is 4.98. The maximum absolute atomic E-state index is 14.0. The Morgan fingerprint density at radius 1 is 0.846 bits per heavy atom. The van der Waals surface area contributed by atoms with Crippen LogP contribution in [0.1, 0.15) is 20.7 Å². The maximum Gasteiger partial charge on any atom is 0.258 e. The number of carbonyl (C=O) groups excluding carboxylic acids is 2. The van der Waals surface area contributed by atoms with Crippen molar-refractivity contribution in [3.63, 3.8) is 0 Å². The first-order valence-corrected chi connectivity index (χ1v) is 7.61. The molecule has 2 N–H and O–H groups in total. The van der Waals surface area contributed by atoms with Gasteiger partial charge in [-0.2, -0.15) is 0 Å². The fourth-order valence-corrected chi connectivity index (χ4v) is 2.25. The van der Waals surface area contributed by atoms with E-state index in [-0.39, 0.29) is 16.8 Å². The number of amides is 2. The number of anilines is 2. The third-order valence-electron chi connectivity index (χ3n) is 3.48. The zero-order valence-corrected chi connectivity index (χ0v) is 13.4. The highest BCUT2D eigenvalue weighted by molar-refractivity contribution is 6.07. The zero-order valence-electron chi connectivity index (χ0n) is 13.4. The lowest BCUT2D eigenvalue weighted by molar-refractivity contribution is 0.101. The van der Waals surface area contributed by atoms with Crippen molar-refractivity contribution in [3.05, 3.63) is 89.8 Å². The van der Waals surface area contributed by atoms with Crippen molar-refractivity contribution in [1.29, 1.82) is 0 Å². The first kappa shape index (κ1) is 17.2. The molecule has 3 aromatic rings. The van der Waals surface area contributed by atoms with Crippen molar-refractivity contribution in [2.45, 2.75) is 0 Å². The predicted octanol–water partition coefficient (Wildman–Crippen LogP) is 3.86. The molecule has 1 heterocycles. The second kappa shape index (κ2) is 7.52. The Bertz CT molecular complexity index is 962. The largest absolute Gasteiger partial charge is 0.322 e. The molecule has 5 nitrogen and oxygen atoms in total. The number of nitrogens with zero attached hydrogens (tertiary/aromatic N) is 1. The molecular weight excluding hydrogens is 340 g/mol. The molecule has 2 aromatic carbocycles. The predicted molar refractivity (Wildman–Crippen MR) is 92.9 cm³/mol. The molecule has 0 saturated heterocycles. The van der Waals surface area contributed by atoms with E-state index in [1.54, 1.807) is 18.3 Å². The van der Waals surface area contributed by atoms with E-state index in [1.807, 2.05) is 0 Å². The Morgan fingerprint density at radius 3 is 2.38 bits per heavy atom. The molecule has 0 aliphatic heterocycles. The third-order valence-corrected chi connectivity index (χ3v) is 3.48. The van der Waals surface area contributed by atoms with Crippen molar-refractivity contribution < 1.29 is 18.4 Å². The van der Waals surface area contributed by atoms with Crippen LogP contribution in [0.4, 0.5) is 20.2 Å². The average Bonchev–Trinajstić information content (AvgIpc) is 2.64. The second-order valence-electron chi connectivity index (χ2n) is 5.35. The molecule has 0 aliphatic rings. The van der Waals surface area contributed by atoms with Crippen LogP contribution >= 0.6 is 0 Å². The summed E-state index contributed by atoms with van der Waals surface area (Å²) in [5, 5.41) is 5.02. The summed E-state index contributed by atoms with van der Waals surface area (Å²) in [4.78, 5) is 28.2. The van der Waals surface area contributed by atoms with Crippen LogP contribution in [0.25, 0.3) is 0 Å². The number of carbonyl (C=O) groups is 2. The van der Waals surface area contributed by atoms with E-state index >= 15 is 0 Å². The summed E-state index contributed by atoms with van der Waals surface area (Å²) in [6.45, 7) is 0. The quantitative estimate of drug-likeness (QED) is 0.748. The summed E-state index contributed by atoms with van der Waals surface area (Å²) in [6, 6.07) is 12.0. The number of hydrogen-bond acceptors (Lipinski definition) is 3. The van der Waals surface area contributed by atoms with Crippen molar-refractivity contribution in [2.75, 3.05) is 10.6 Å². The monoisotopic (exact) mass is 353 g/mol. The summed E-state index contributed by atoms with van der Waals surface area (Å²) in [5.74, 6) is -2.55. The van der Waals surface area contributed by atoms with Crippen LogP contribution in [0.2, 0.25) is 0 Å². The molecule has 1 aromatic heterocycles. The number of aromatic nitrogens is 1. The number of benzene rings is 2. The lowest BCUT2D eigenvalue weighted by Crippen LogP contribution is -2.16. The first-order valence-electron chi connectivity index (χ1n) is 7.61. The molecule has 0 bridgehead atoms. The molecule has 7 heteroatoms. The van der Waals surface area contributed by atoms with Crippen molar-refractivity contribution >= 4 is 23.2 Å². The molecule has 0 radical (unpaired) electrons. The smallest absolute Gasteiger partial charge is 0.258 e. The normalized spacial score (nSPS) is 10.2. The molecule has 3 rings (SSSR count). The van der Waals surface area contributed by atoms with E-state index in [4.69, 9.17) is 0 Å². The lowest BCUT2D eigenvalue weighted by atomic mass is 10.1. The summed E-state index contributed by atoms with van der Waals surface area (Å²) in [6.07, 6.45) is 2.96. The van der Waals surface area contributed by atoms with E-state index in [0.717, 1.165) is 12.1 Å². The van der Waals surface area contributed by atoms with Crippen LogP contribution in [-0.4, -0.2) is 16.8 Å². The van der Waals surface area contributed by atoms with Gasteiger partial charge in [-0.05, 0) is 48.5 Å². The van der Waals surface area contributed by atoms with Crippen LogP contribution in [-0.2, 0) is 0 Å². The van der Waals surface area contributed by atoms with Gasteiger partial charge in [0.2, 0.25) is 0 Å². The van der Waals surface area contributed by atoms with Gasteiger partial charge in [0.25, 0.3) is 11.8 Å². The summed E-state index contributed by atoms with van der Waals surface area (Å²) < 4.78 is 27.2. The Morgan fingerprint density at radius 2 is 1.65 bits per heavy atom. The highest BCUT2D eigenvalue weighted by Gasteiger charge is 2.14. The molecule has 2 amide bonds. The van der Waals surface area contributed by atoms with Crippen LogP contribution in [0.5, 0.6) is 0 Å². The fraction of sp³-hybridized carbons (Fsp3) is 0. The molecular formula is C19H13F2N3O2. The van der Waals surface area contributed by atoms with Crippen LogP contribution in [0.15, 0.2) is 67.0 Å². The standard InChI is InChI=1S/C19H13F2N3O2/c20-13-4-1-3-12(9-13)18(25)23-14-6-7-17(21)16(10-14)19(26)24-15-5-2-8-22-11-15/h1-11H,(H,23,25)(H,24,26). The molecule has 130 valence electrons. The molecule has 0 atom stereocenters. The van der Waals surface area contributed by atoms with E-state index in [9.17, 15) is 18.4 Å². The van der Waals surface area contributed by atoms with Gasteiger partial charge >= 0.3 is 0 Å².